The maximum absolute atomic E-state index is 14.8. The van der Waals surface area contributed by atoms with Crippen molar-refractivity contribution in [1.29, 1.82) is 0 Å². The molecule has 1 atom stereocenters. The average molecular weight is 529 g/mol. The third kappa shape index (κ3) is 5.63. The molecule has 2 heterocycles. The number of carbonyl (C=O) groups excluding carboxylic acids is 3. The summed E-state index contributed by atoms with van der Waals surface area (Å²) >= 11 is 7.01. The van der Waals surface area contributed by atoms with Crippen LogP contribution < -0.4 is 10.6 Å². The molecule has 34 heavy (non-hydrogen) atoms. The number of hydrogen-bond acceptors (Lipinski definition) is 6. The molecule has 1 aromatic carbocycles. The number of thiophene rings is 1. The molecule has 0 bridgehead atoms. The lowest BCUT2D eigenvalue weighted by Crippen LogP contribution is -2.48. The Bertz CT molecular complexity index is 1260. The van der Waals surface area contributed by atoms with Gasteiger partial charge in [-0.25, -0.2) is 12.8 Å². The molecule has 1 aliphatic heterocycles. The quantitative estimate of drug-likeness (QED) is 0.562. The van der Waals surface area contributed by atoms with Crippen molar-refractivity contribution >= 4 is 62.4 Å². The van der Waals surface area contributed by atoms with E-state index in [0.717, 1.165) is 27.7 Å². The number of sulfonamides is 1. The average Bonchev–Trinajstić information content (AvgIpc) is 3.35. The molecule has 0 spiro atoms. The van der Waals surface area contributed by atoms with E-state index < -0.39 is 46.1 Å². The Kier molecular flexibility index (Phi) is 7.76. The third-order valence-electron chi connectivity index (χ3n) is 5.05. The van der Waals surface area contributed by atoms with Crippen LogP contribution in [0, 0.1) is 5.82 Å². The number of nitrogens with two attached hydrogens (primary N) is 1. The molecule has 1 aliphatic rings. The van der Waals surface area contributed by atoms with Crippen LogP contribution in [0.25, 0.3) is 6.08 Å². The van der Waals surface area contributed by atoms with Gasteiger partial charge < -0.3 is 15.5 Å². The van der Waals surface area contributed by atoms with Gasteiger partial charge in [0, 0.05) is 36.5 Å². The molecule has 1 aromatic heterocycles. The molecule has 2 aromatic rings. The van der Waals surface area contributed by atoms with Gasteiger partial charge in [-0.05, 0) is 42.8 Å². The third-order valence-corrected chi connectivity index (χ3v) is 7.77. The Balaban J connectivity index is 1.87. The van der Waals surface area contributed by atoms with Gasteiger partial charge in [-0.2, -0.15) is 4.31 Å². The second-order valence-corrected chi connectivity index (χ2v) is 11.2. The summed E-state index contributed by atoms with van der Waals surface area (Å²) in [6.07, 6.45) is 1.32. The van der Waals surface area contributed by atoms with E-state index in [-0.39, 0.29) is 24.2 Å². The zero-order chi connectivity index (χ0) is 25.2. The first-order valence-corrected chi connectivity index (χ1v) is 12.7. The number of primary amides is 1. The predicted octanol–water partition coefficient (Wildman–Crippen LogP) is 2.14. The van der Waals surface area contributed by atoms with Crippen LogP contribution in [0.1, 0.15) is 21.7 Å². The number of anilines is 1. The van der Waals surface area contributed by atoms with Crippen molar-refractivity contribution in [2.45, 2.75) is 12.5 Å². The van der Waals surface area contributed by atoms with Crippen LogP contribution in [0.5, 0.6) is 0 Å². The lowest BCUT2D eigenvalue weighted by molar-refractivity contribution is -0.122. The van der Waals surface area contributed by atoms with Crippen molar-refractivity contribution in [3.05, 3.63) is 56.3 Å². The first kappa shape index (κ1) is 25.8. The minimum atomic E-state index is -4.24. The highest BCUT2D eigenvalue weighted by Gasteiger charge is 2.42. The largest absolute Gasteiger partial charge is 0.369 e. The first-order chi connectivity index (χ1) is 15.9. The van der Waals surface area contributed by atoms with E-state index in [4.69, 9.17) is 17.3 Å². The van der Waals surface area contributed by atoms with Gasteiger partial charge in [0.05, 0.1) is 16.6 Å². The standard InChI is InChI=1S/C21H22ClFN4O5S2/c1-25(2)20(29)13-3-5-16(15(23)11-13)26-9-7-17(21(26)30)27(12-19(24)28)34(31,32)10-8-14-4-6-18(22)33-14/h3-6,8,10-11,17H,7,9,12H2,1-2H3,(H2,24,28)/t17-/m0/s1. The highest BCUT2D eigenvalue weighted by atomic mass is 35.5. The molecule has 1 saturated heterocycles. The van der Waals surface area contributed by atoms with Crippen molar-refractivity contribution in [2.75, 3.05) is 32.1 Å². The Hall–Kier alpha value is -2.80. The van der Waals surface area contributed by atoms with Gasteiger partial charge in [0.2, 0.25) is 21.8 Å². The summed E-state index contributed by atoms with van der Waals surface area (Å²) in [5.41, 5.74) is 5.26. The van der Waals surface area contributed by atoms with Gasteiger partial charge in [0.1, 0.15) is 11.9 Å². The fourth-order valence-electron chi connectivity index (χ4n) is 3.47. The summed E-state index contributed by atoms with van der Waals surface area (Å²) < 4.78 is 41.9. The van der Waals surface area contributed by atoms with Crippen LogP contribution in [0.4, 0.5) is 10.1 Å². The van der Waals surface area contributed by atoms with Crippen molar-refractivity contribution < 1.29 is 27.2 Å². The number of rotatable bonds is 8. The summed E-state index contributed by atoms with van der Waals surface area (Å²) in [5.74, 6) is -2.86. The maximum atomic E-state index is 14.8. The van der Waals surface area contributed by atoms with E-state index in [0.29, 0.717) is 13.5 Å². The van der Waals surface area contributed by atoms with Crippen molar-refractivity contribution in [2.24, 2.45) is 5.73 Å². The van der Waals surface area contributed by atoms with Crippen molar-refractivity contribution in [3.63, 3.8) is 0 Å². The van der Waals surface area contributed by atoms with E-state index >= 15 is 0 Å². The van der Waals surface area contributed by atoms with Crippen LogP contribution >= 0.6 is 22.9 Å². The number of hydrogen-bond donors (Lipinski definition) is 1. The Labute approximate surface area is 205 Å². The molecule has 3 rings (SSSR count). The Morgan fingerprint density at radius 2 is 2.00 bits per heavy atom. The summed E-state index contributed by atoms with van der Waals surface area (Å²) in [6, 6.07) is 5.66. The smallest absolute Gasteiger partial charge is 0.253 e. The van der Waals surface area contributed by atoms with Crippen LogP contribution in [0.2, 0.25) is 4.34 Å². The van der Waals surface area contributed by atoms with E-state index in [1.807, 2.05) is 0 Å². The van der Waals surface area contributed by atoms with Crippen LogP contribution in [0.15, 0.2) is 35.7 Å². The molecule has 1 fully saturated rings. The first-order valence-electron chi connectivity index (χ1n) is 9.97. The van der Waals surface area contributed by atoms with Gasteiger partial charge in [0.15, 0.2) is 0 Å². The summed E-state index contributed by atoms with van der Waals surface area (Å²) in [5, 5.41) is 0.871. The monoisotopic (exact) mass is 528 g/mol. The second kappa shape index (κ2) is 10.2. The number of halogens is 2. The Morgan fingerprint density at radius 1 is 1.29 bits per heavy atom. The minimum absolute atomic E-state index is 0.0103. The van der Waals surface area contributed by atoms with Crippen LogP contribution in [-0.2, 0) is 19.6 Å². The Morgan fingerprint density at radius 3 is 2.56 bits per heavy atom. The van der Waals surface area contributed by atoms with Gasteiger partial charge >= 0.3 is 0 Å². The molecule has 13 heteroatoms. The van der Waals surface area contributed by atoms with E-state index in [1.54, 1.807) is 12.1 Å². The maximum Gasteiger partial charge on any atom is 0.253 e. The highest BCUT2D eigenvalue weighted by Crippen LogP contribution is 2.30. The van der Waals surface area contributed by atoms with Gasteiger partial charge in [-0.3, -0.25) is 14.4 Å². The van der Waals surface area contributed by atoms with Crippen molar-refractivity contribution in [3.8, 4) is 0 Å². The molecular weight excluding hydrogens is 507 g/mol. The summed E-state index contributed by atoms with van der Waals surface area (Å²) in [7, 11) is -1.19. The van der Waals surface area contributed by atoms with E-state index in [9.17, 15) is 27.2 Å². The zero-order valence-electron chi connectivity index (χ0n) is 18.3. The molecule has 182 valence electrons. The fraction of sp³-hybridized carbons (Fsp3) is 0.286. The minimum Gasteiger partial charge on any atom is -0.369 e. The topological polar surface area (TPSA) is 121 Å². The molecule has 2 N–H and O–H groups in total. The van der Waals surface area contributed by atoms with E-state index in [2.05, 4.69) is 0 Å². The number of amides is 3. The lowest BCUT2D eigenvalue weighted by atomic mass is 10.1. The molecular formula is C21H22ClFN4O5S2. The van der Waals surface area contributed by atoms with Crippen molar-refractivity contribution in [1.82, 2.24) is 9.21 Å². The number of nitrogens with zero attached hydrogens (tertiary/aromatic N) is 3. The van der Waals surface area contributed by atoms with Gasteiger partial charge in [-0.15, -0.1) is 11.3 Å². The second-order valence-electron chi connectivity index (χ2n) is 7.66. The summed E-state index contributed by atoms with van der Waals surface area (Å²) in [6.45, 7) is -0.711. The molecule has 0 saturated carbocycles. The highest BCUT2D eigenvalue weighted by molar-refractivity contribution is 7.92. The number of benzene rings is 1. The van der Waals surface area contributed by atoms with Gasteiger partial charge in [0.25, 0.3) is 5.91 Å². The molecule has 0 radical (unpaired) electrons. The number of carbonyl (C=O) groups is 3. The van der Waals surface area contributed by atoms with E-state index in [1.165, 1.54) is 37.2 Å². The van der Waals surface area contributed by atoms with Gasteiger partial charge in [-0.1, -0.05) is 11.6 Å². The van der Waals surface area contributed by atoms with Crippen LogP contribution in [0.3, 0.4) is 0 Å². The normalized spacial score (nSPS) is 16.6. The fourth-order valence-corrected chi connectivity index (χ4v) is 5.85. The molecule has 0 unspecified atom stereocenters. The molecule has 0 aliphatic carbocycles. The summed E-state index contributed by atoms with van der Waals surface area (Å²) in [4.78, 5) is 39.7. The molecule has 9 nitrogen and oxygen atoms in total. The lowest BCUT2D eigenvalue weighted by Gasteiger charge is -2.25. The zero-order valence-corrected chi connectivity index (χ0v) is 20.7. The molecule has 3 amide bonds. The van der Waals surface area contributed by atoms with Crippen LogP contribution in [-0.4, -0.2) is 68.6 Å². The SMILES string of the molecule is CN(C)C(=O)c1ccc(N2CC[C@H](N(CC(N)=O)S(=O)(=O)C=Cc3ccc(Cl)s3)C2=O)c(F)c1. The predicted molar refractivity (Wildman–Crippen MR) is 128 cm³/mol.